The van der Waals surface area contributed by atoms with Gasteiger partial charge in [-0.3, -0.25) is 4.79 Å². The van der Waals surface area contributed by atoms with Gasteiger partial charge in [0.15, 0.2) is 0 Å². The Balaban J connectivity index is 0.00000145. The highest BCUT2D eigenvalue weighted by Gasteiger charge is 2.37. The number of halogens is 3. The topological polar surface area (TPSA) is 26.3 Å². The zero-order valence-electron chi connectivity index (χ0n) is 16.4. The van der Waals surface area contributed by atoms with E-state index in [1.807, 2.05) is 68.4 Å². The molecule has 29 heavy (non-hydrogen) atoms. The summed E-state index contributed by atoms with van der Waals surface area (Å²) in [6.45, 7) is 4.42. The summed E-state index contributed by atoms with van der Waals surface area (Å²) in [4.78, 5) is 11.2. The maximum atomic E-state index is 12.5. The van der Waals surface area contributed by atoms with Crippen molar-refractivity contribution in [3.8, 4) is 16.9 Å². The van der Waals surface area contributed by atoms with Gasteiger partial charge in [0.05, 0.1) is 0 Å². The summed E-state index contributed by atoms with van der Waals surface area (Å²) in [7, 11) is 0. The van der Waals surface area contributed by atoms with E-state index >= 15 is 0 Å². The Hall–Kier alpha value is -3.08. The van der Waals surface area contributed by atoms with Gasteiger partial charge in [0.25, 0.3) is 0 Å². The van der Waals surface area contributed by atoms with E-state index in [1.165, 1.54) is 6.07 Å². The molecule has 0 bridgehead atoms. The maximum Gasteiger partial charge on any atom is 0.450 e. The first-order chi connectivity index (χ1) is 13.9. The number of hydrogen-bond acceptors (Lipinski definition) is 2. The summed E-state index contributed by atoms with van der Waals surface area (Å²) >= 11 is 0. The van der Waals surface area contributed by atoms with Crippen molar-refractivity contribution in [1.29, 1.82) is 0 Å². The van der Waals surface area contributed by atoms with E-state index in [2.05, 4.69) is 0 Å². The van der Waals surface area contributed by atoms with Gasteiger partial charge in [-0.2, -0.15) is 13.2 Å². The summed E-state index contributed by atoms with van der Waals surface area (Å²) in [6, 6.07) is 23.6. The van der Waals surface area contributed by atoms with Crippen LogP contribution in [0.3, 0.4) is 0 Å². The fourth-order valence-electron chi connectivity index (χ4n) is 2.65. The van der Waals surface area contributed by atoms with E-state index in [0.29, 0.717) is 17.9 Å². The van der Waals surface area contributed by atoms with Crippen molar-refractivity contribution in [3.63, 3.8) is 0 Å². The van der Waals surface area contributed by atoms with Crippen molar-refractivity contribution in [1.82, 2.24) is 0 Å². The van der Waals surface area contributed by atoms with Crippen LogP contribution in [0.2, 0.25) is 0 Å². The van der Waals surface area contributed by atoms with Crippen molar-refractivity contribution in [3.05, 3.63) is 90.0 Å². The Bertz CT molecular complexity index is 919. The molecule has 0 spiro atoms. The highest BCUT2D eigenvalue weighted by molar-refractivity contribution is 5.86. The molecule has 0 saturated heterocycles. The molecule has 0 atom stereocenters. The van der Waals surface area contributed by atoms with Gasteiger partial charge in [-0.05, 0) is 34.4 Å². The lowest BCUT2D eigenvalue weighted by Crippen LogP contribution is -2.24. The number of Topliss-reactive ketones (excluding diaryl/α,β-unsaturated/α-hetero) is 1. The van der Waals surface area contributed by atoms with Crippen LogP contribution in [0.4, 0.5) is 13.2 Å². The Kier molecular flexibility index (Phi) is 8.01. The molecule has 0 fully saturated rings. The molecule has 0 N–H and O–H groups in total. The third kappa shape index (κ3) is 6.79. The van der Waals surface area contributed by atoms with Crippen molar-refractivity contribution in [2.75, 3.05) is 0 Å². The smallest absolute Gasteiger partial charge is 0.450 e. The summed E-state index contributed by atoms with van der Waals surface area (Å²) in [5, 5.41) is 0. The van der Waals surface area contributed by atoms with Crippen LogP contribution >= 0.6 is 0 Å². The second kappa shape index (κ2) is 10.5. The maximum absolute atomic E-state index is 12.5. The number of carbonyl (C=O) groups excluding carboxylic acids is 1. The molecule has 5 heteroatoms. The van der Waals surface area contributed by atoms with Gasteiger partial charge in [-0.1, -0.05) is 80.6 Å². The van der Waals surface area contributed by atoms with E-state index < -0.39 is 18.4 Å². The van der Waals surface area contributed by atoms with E-state index in [9.17, 15) is 18.0 Å². The van der Waals surface area contributed by atoms with Gasteiger partial charge in [0.2, 0.25) is 5.78 Å². The van der Waals surface area contributed by atoms with Crippen molar-refractivity contribution >= 4 is 5.78 Å². The molecule has 0 heterocycles. The second-order valence-corrected chi connectivity index (χ2v) is 6.10. The summed E-state index contributed by atoms with van der Waals surface area (Å²) < 4.78 is 43.2. The quantitative estimate of drug-likeness (QED) is 0.464. The molecule has 0 amide bonds. The standard InChI is InChI=1S/C22H17F3O2.C2H6/c23-22(24,25)21(26)13-17-8-4-9-18(12-17)19-10-5-11-20(14-19)27-15-16-6-2-1-3-7-16;1-2/h1-12,14H,13,15H2;1-2H3. The van der Waals surface area contributed by atoms with Gasteiger partial charge in [-0.25, -0.2) is 0 Å². The third-order valence-electron chi connectivity index (χ3n) is 4.02. The average Bonchev–Trinajstić information content (AvgIpc) is 2.74. The lowest BCUT2D eigenvalue weighted by atomic mass is 10.0. The lowest BCUT2D eigenvalue weighted by molar-refractivity contribution is -0.170. The van der Waals surface area contributed by atoms with Crippen LogP contribution < -0.4 is 4.74 Å². The van der Waals surface area contributed by atoms with Crippen LogP contribution in [0.5, 0.6) is 5.75 Å². The van der Waals surface area contributed by atoms with Gasteiger partial charge < -0.3 is 4.74 Å². The Morgan fingerprint density at radius 3 is 2.03 bits per heavy atom. The number of ether oxygens (including phenoxy) is 1. The Labute approximate surface area is 169 Å². The summed E-state index contributed by atoms with van der Waals surface area (Å²) in [5.74, 6) is -1.09. The number of benzene rings is 3. The fraction of sp³-hybridized carbons (Fsp3) is 0.208. The molecular weight excluding hydrogens is 377 g/mol. The molecular formula is C24H23F3O2. The SMILES string of the molecule is CC.O=C(Cc1cccc(-c2cccc(OCc3ccccc3)c2)c1)C(F)(F)F. The molecule has 0 aliphatic carbocycles. The highest BCUT2D eigenvalue weighted by atomic mass is 19.4. The average molecular weight is 400 g/mol. The molecule has 3 aromatic rings. The van der Waals surface area contributed by atoms with Crippen LogP contribution in [-0.2, 0) is 17.8 Å². The first kappa shape index (κ1) is 22.2. The second-order valence-electron chi connectivity index (χ2n) is 6.10. The largest absolute Gasteiger partial charge is 0.489 e. The van der Waals surface area contributed by atoms with Crippen LogP contribution in [0.15, 0.2) is 78.9 Å². The van der Waals surface area contributed by atoms with Crippen LogP contribution in [0.1, 0.15) is 25.0 Å². The molecule has 152 valence electrons. The minimum atomic E-state index is -4.82. The number of hydrogen-bond donors (Lipinski definition) is 0. The first-order valence-electron chi connectivity index (χ1n) is 9.38. The number of alkyl halides is 3. The predicted octanol–water partition coefficient (Wildman–Crippen LogP) is 6.63. The molecule has 0 aliphatic rings. The van der Waals surface area contributed by atoms with E-state index in [1.54, 1.807) is 18.2 Å². The van der Waals surface area contributed by atoms with Gasteiger partial charge in [0.1, 0.15) is 12.4 Å². The minimum Gasteiger partial charge on any atom is -0.489 e. The fourth-order valence-corrected chi connectivity index (χ4v) is 2.65. The third-order valence-corrected chi connectivity index (χ3v) is 4.02. The van der Waals surface area contributed by atoms with Gasteiger partial charge >= 0.3 is 6.18 Å². The molecule has 0 saturated carbocycles. The minimum absolute atomic E-state index is 0.324. The van der Waals surface area contributed by atoms with E-state index in [4.69, 9.17) is 4.74 Å². The Morgan fingerprint density at radius 2 is 1.38 bits per heavy atom. The van der Waals surface area contributed by atoms with Crippen molar-refractivity contribution < 1.29 is 22.7 Å². The van der Waals surface area contributed by atoms with Crippen molar-refractivity contribution in [2.24, 2.45) is 0 Å². The normalized spacial score (nSPS) is 10.7. The van der Waals surface area contributed by atoms with Crippen LogP contribution in [0.25, 0.3) is 11.1 Å². The molecule has 2 nitrogen and oxygen atoms in total. The molecule has 3 rings (SSSR count). The highest BCUT2D eigenvalue weighted by Crippen LogP contribution is 2.26. The molecule has 0 unspecified atom stereocenters. The molecule has 0 aliphatic heterocycles. The lowest BCUT2D eigenvalue weighted by Gasteiger charge is -2.10. The monoisotopic (exact) mass is 400 g/mol. The predicted molar refractivity (Wildman–Crippen MR) is 109 cm³/mol. The molecule has 0 radical (unpaired) electrons. The van der Waals surface area contributed by atoms with E-state index in [0.717, 1.165) is 16.7 Å². The van der Waals surface area contributed by atoms with Crippen molar-refractivity contribution in [2.45, 2.75) is 33.1 Å². The molecule has 0 aromatic heterocycles. The first-order valence-corrected chi connectivity index (χ1v) is 9.38. The van der Waals surface area contributed by atoms with Gasteiger partial charge in [-0.15, -0.1) is 0 Å². The van der Waals surface area contributed by atoms with Crippen LogP contribution in [0, 0.1) is 0 Å². The van der Waals surface area contributed by atoms with Gasteiger partial charge in [0, 0.05) is 6.42 Å². The summed E-state index contributed by atoms with van der Waals surface area (Å²) in [5.41, 5.74) is 2.90. The number of carbonyl (C=O) groups is 1. The Morgan fingerprint density at radius 1 is 0.793 bits per heavy atom. The van der Waals surface area contributed by atoms with E-state index in [-0.39, 0.29) is 0 Å². The number of rotatable bonds is 6. The zero-order chi connectivity index (χ0) is 21.3. The zero-order valence-corrected chi connectivity index (χ0v) is 16.4. The molecule has 3 aromatic carbocycles. The summed E-state index contributed by atoms with van der Waals surface area (Å²) in [6.07, 6.45) is -5.48. The van der Waals surface area contributed by atoms with Crippen LogP contribution in [-0.4, -0.2) is 12.0 Å². The number of ketones is 1.